The van der Waals surface area contributed by atoms with Crippen LogP contribution in [0.15, 0.2) is 156 Å². The second kappa shape index (κ2) is 9.69. The molecule has 0 saturated heterocycles. The fraction of sp³-hybridized carbons (Fsp3) is 0.0233. The minimum absolute atomic E-state index is 0.907. The summed E-state index contributed by atoms with van der Waals surface area (Å²) in [5.74, 6) is 0. The normalized spacial score (nSPS) is 11.8. The highest BCUT2D eigenvalue weighted by molar-refractivity contribution is 6.22. The molecule has 0 radical (unpaired) electrons. The van der Waals surface area contributed by atoms with E-state index in [-0.39, 0.29) is 0 Å². The molecule has 0 aliphatic heterocycles. The van der Waals surface area contributed by atoms with Gasteiger partial charge in [-0.3, -0.25) is 0 Å². The third-order valence-electron chi connectivity index (χ3n) is 9.08. The van der Waals surface area contributed by atoms with E-state index in [4.69, 9.17) is 4.42 Å². The molecule has 1 heteroatoms. The topological polar surface area (TPSA) is 13.1 Å². The summed E-state index contributed by atoms with van der Waals surface area (Å²) in [6.07, 6.45) is 0. The summed E-state index contributed by atoms with van der Waals surface area (Å²) in [5, 5.41) is 9.81. The maximum Gasteiger partial charge on any atom is 0.136 e. The van der Waals surface area contributed by atoms with Crippen LogP contribution in [0, 0.1) is 6.92 Å². The van der Waals surface area contributed by atoms with E-state index in [0.717, 1.165) is 27.5 Å². The van der Waals surface area contributed by atoms with Crippen molar-refractivity contribution in [1.82, 2.24) is 0 Å². The Balaban J connectivity index is 1.26. The van der Waals surface area contributed by atoms with E-state index in [1.54, 1.807) is 0 Å². The Labute approximate surface area is 255 Å². The third kappa shape index (κ3) is 3.87. The molecule has 0 fully saturated rings. The molecule has 0 unspecified atom stereocenters. The van der Waals surface area contributed by atoms with Crippen LogP contribution in [0.4, 0.5) is 0 Å². The zero-order valence-corrected chi connectivity index (χ0v) is 24.3. The van der Waals surface area contributed by atoms with Crippen molar-refractivity contribution in [3.8, 4) is 33.4 Å². The van der Waals surface area contributed by atoms with Gasteiger partial charge in [0.15, 0.2) is 0 Å². The summed E-state index contributed by atoms with van der Waals surface area (Å²) in [5.41, 5.74) is 10.4. The lowest BCUT2D eigenvalue weighted by Crippen LogP contribution is -1.91. The van der Waals surface area contributed by atoms with Gasteiger partial charge in [0.25, 0.3) is 0 Å². The summed E-state index contributed by atoms with van der Waals surface area (Å²) in [7, 11) is 0. The van der Waals surface area contributed by atoms with E-state index in [2.05, 4.69) is 159 Å². The van der Waals surface area contributed by atoms with Crippen molar-refractivity contribution in [3.05, 3.63) is 157 Å². The summed E-state index contributed by atoms with van der Waals surface area (Å²) >= 11 is 0. The van der Waals surface area contributed by atoms with Gasteiger partial charge in [-0.25, -0.2) is 0 Å². The van der Waals surface area contributed by atoms with Crippen molar-refractivity contribution in [2.75, 3.05) is 0 Å². The predicted octanol–water partition coefficient (Wildman–Crippen LogP) is 12.4. The van der Waals surface area contributed by atoms with Gasteiger partial charge in [-0.15, -0.1) is 0 Å². The van der Waals surface area contributed by atoms with Gasteiger partial charge in [-0.2, -0.15) is 0 Å². The largest absolute Gasteiger partial charge is 0.456 e. The van der Waals surface area contributed by atoms with Gasteiger partial charge in [0, 0.05) is 10.8 Å². The second-order valence-corrected chi connectivity index (χ2v) is 11.8. The molecule has 8 aromatic carbocycles. The maximum absolute atomic E-state index is 6.51. The summed E-state index contributed by atoms with van der Waals surface area (Å²) < 4.78 is 6.51. The van der Waals surface area contributed by atoms with Crippen molar-refractivity contribution in [2.45, 2.75) is 6.92 Å². The first-order valence-electron chi connectivity index (χ1n) is 15.2. The first-order valence-corrected chi connectivity index (χ1v) is 15.2. The van der Waals surface area contributed by atoms with Crippen LogP contribution in [0.1, 0.15) is 5.56 Å². The molecule has 1 heterocycles. The van der Waals surface area contributed by atoms with Crippen LogP contribution in [0.3, 0.4) is 0 Å². The van der Waals surface area contributed by atoms with Crippen LogP contribution in [-0.4, -0.2) is 0 Å². The zero-order chi connectivity index (χ0) is 29.2. The Morgan fingerprint density at radius 2 is 0.977 bits per heavy atom. The minimum Gasteiger partial charge on any atom is -0.456 e. The highest BCUT2D eigenvalue weighted by atomic mass is 16.3. The lowest BCUT2D eigenvalue weighted by atomic mass is 9.85. The Bertz CT molecular complexity index is 2550. The van der Waals surface area contributed by atoms with Crippen LogP contribution in [0.25, 0.3) is 87.6 Å². The van der Waals surface area contributed by atoms with Crippen LogP contribution < -0.4 is 0 Å². The Kier molecular flexibility index (Phi) is 5.48. The first kappa shape index (κ1) is 24.9. The fourth-order valence-electron chi connectivity index (χ4n) is 7.00. The molecule has 0 saturated carbocycles. The molecule has 0 N–H and O–H groups in total. The van der Waals surface area contributed by atoms with Crippen LogP contribution >= 0.6 is 0 Å². The molecule has 0 amide bonds. The number of hydrogen-bond donors (Lipinski definition) is 0. The van der Waals surface area contributed by atoms with Crippen molar-refractivity contribution >= 4 is 54.3 Å². The molecular weight excluding hydrogens is 532 g/mol. The van der Waals surface area contributed by atoms with E-state index in [1.807, 2.05) is 0 Å². The average Bonchev–Trinajstić information content (AvgIpc) is 3.44. The molecule has 0 aliphatic carbocycles. The molecule has 44 heavy (non-hydrogen) atoms. The second-order valence-electron chi connectivity index (χ2n) is 11.8. The van der Waals surface area contributed by atoms with Gasteiger partial charge in [-0.05, 0) is 103 Å². The SMILES string of the molecule is Cc1ccc2c(-c3ccc4c(c3)oc3ccc(-c5ccc6ccccc6c5)cc34)c3ccccc3c(-c3ccccc3)c2c1. The van der Waals surface area contributed by atoms with Gasteiger partial charge >= 0.3 is 0 Å². The number of benzene rings is 8. The molecule has 9 rings (SSSR count). The number of rotatable bonds is 3. The highest BCUT2D eigenvalue weighted by Gasteiger charge is 2.18. The van der Waals surface area contributed by atoms with Crippen molar-refractivity contribution < 1.29 is 4.42 Å². The smallest absolute Gasteiger partial charge is 0.136 e. The summed E-state index contributed by atoms with van der Waals surface area (Å²) in [6, 6.07) is 54.9. The summed E-state index contributed by atoms with van der Waals surface area (Å²) in [6.45, 7) is 2.18. The van der Waals surface area contributed by atoms with Gasteiger partial charge in [0.2, 0.25) is 0 Å². The Morgan fingerprint density at radius 3 is 1.82 bits per heavy atom. The monoisotopic (exact) mass is 560 g/mol. The van der Waals surface area contributed by atoms with E-state index in [0.29, 0.717) is 0 Å². The molecule has 1 aromatic heterocycles. The molecule has 206 valence electrons. The maximum atomic E-state index is 6.51. The average molecular weight is 561 g/mol. The number of fused-ring (bicyclic) bond motifs is 6. The number of aryl methyl sites for hydroxylation is 1. The van der Waals surface area contributed by atoms with E-state index >= 15 is 0 Å². The van der Waals surface area contributed by atoms with E-state index < -0.39 is 0 Å². The van der Waals surface area contributed by atoms with Crippen molar-refractivity contribution in [2.24, 2.45) is 0 Å². The van der Waals surface area contributed by atoms with Crippen molar-refractivity contribution in [3.63, 3.8) is 0 Å². The van der Waals surface area contributed by atoms with Gasteiger partial charge in [0.1, 0.15) is 11.2 Å². The molecule has 0 aliphatic rings. The lowest BCUT2D eigenvalue weighted by Gasteiger charge is -2.18. The van der Waals surface area contributed by atoms with Crippen molar-refractivity contribution in [1.29, 1.82) is 0 Å². The van der Waals surface area contributed by atoms with Gasteiger partial charge in [-0.1, -0.05) is 127 Å². The molecule has 1 nitrogen and oxygen atoms in total. The number of furan rings is 1. The van der Waals surface area contributed by atoms with Crippen LogP contribution in [-0.2, 0) is 0 Å². The van der Waals surface area contributed by atoms with Gasteiger partial charge in [0.05, 0.1) is 0 Å². The van der Waals surface area contributed by atoms with Gasteiger partial charge < -0.3 is 4.42 Å². The Hall–Kier alpha value is -5.66. The molecule has 0 bridgehead atoms. The lowest BCUT2D eigenvalue weighted by molar-refractivity contribution is 0.669. The Morgan fingerprint density at radius 1 is 0.341 bits per heavy atom. The molecule has 0 spiro atoms. The predicted molar refractivity (Wildman–Crippen MR) is 187 cm³/mol. The minimum atomic E-state index is 0.907. The molecule has 0 atom stereocenters. The zero-order valence-electron chi connectivity index (χ0n) is 24.3. The summed E-state index contributed by atoms with van der Waals surface area (Å²) in [4.78, 5) is 0. The van der Waals surface area contributed by atoms with Crippen LogP contribution in [0.5, 0.6) is 0 Å². The molecule has 9 aromatic rings. The van der Waals surface area contributed by atoms with Crippen LogP contribution in [0.2, 0.25) is 0 Å². The van der Waals surface area contributed by atoms with E-state index in [1.165, 1.54) is 65.7 Å². The first-order chi connectivity index (χ1) is 21.7. The standard InChI is InChI=1S/C43H28O/c1-27-15-20-37-39(23-27)42(29-10-3-2-4-11-29)35-13-7-8-14-36(35)43(37)33-18-21-34-38-25-32(19-22-40(38)44-41(34)26-33)31-17-16-28-9-5-6-12-30(28)24-31/h2-26H,1H3. The highest BCUT2D eigenvalue weighted by Crippen LogP contribution is 2.45. The van der Waals surface area contributed by atoms with E-state index in [9.17, 15) is 0 Å². The quantitative estimate of drug-likeness (QED) is 0.196. The molecular formula is C43H28O. The fourth-order valence-corrected chi connectivity index (χ4v) is 7.00. The third-order valence-corrected chi connectivity index (χ3v) is 9.08. The number of hydrogen-bond acceptors (Lipinski definition) is 1.